The Morgan fingerprint density at radius 3 is 2.72 bits per heavy atom. The lowest BCUT2D eigenvalue weighted by molar-refractivity contribution is -0.274. The summed E-state index contributed by atoms with van der Waals surface area (Å²) in [7, 11) is 0. The Labute approximate surface area is 206 Å². The van der Waals surface area contributed by atoms with Crippen LogP contribution in [0.1, 0.15) is 41.2 Å². The summed E-state index contributed by atoms with van der Waals surface area (Å²) in [5.41, 5.74) is 2.28. The van der Waals surface area contributed by atoms with Gasteiger partial charge in [0, 0.05) is 35.2 Å². The zero-order chi connectivity index (χ0) is 25.1. The molecule has 0 aliphatic carbocycles. The van der Waals surface area contributed by atoms with Gasteiger partial charge in [0.05, 0.1) is 0 Å². The Balaban J connectivity index is 1.11. The second kappa shape index (κ2) is 10.2. The molecule has 0 bridgehead atoms. The number of pyridine rings is 1. The lowest BCUT2D eigenvalue weighted by Crippen LogP contribution is -2.35. The fourth-order valence-corrected chi connectivity index (χ4v) is 5.01. The van der Waals surface area contributed by atoms with Crippen molar-refractivity contribution in [2.75, 3.05) is 26.2 Å². The molecule has 188 valence electrons. The van der Waals surface area contributed by atoms with Crippen LogP contribution >= 0.6 is 0 Å². The predicted molar refractivity (Wildman–Crippen MR) is 132 cm³/mol. The molecule has 1 aliphatic heterocycles. The smallest absolute Gasteiger partial charge is 0.406 e. The number of halogens is 3. The summed E-state index contributed by atoms with van der Waals surface area (Å²) >= 11 is 0. The number of H-pyrrole nitrogens is 1. The Bertz CT molecular complexity index is 1350. The number of likely N-dealkylation sites (tertiary alicyclic amines) is 1. The number of nitrogens with zero attached hydrogens (tertiary/aromatic N) is 2. The van der Waals surface area contributed by atoms with Crippen LogP contribution in [0.4, 0.5) is 13.2 Å². The summed E-state index contributed by atoms with van der Waals surface area (Å²) in [5, 5.41) is 5.58. The van der Waals surface area contributed by atoms with Crippen LogP contribution in [0.15, 0.2) is 60.9 Å². The van der Waals surface area contributed by atoms with Gasteiger partial charge in [-0.2, -0.15) is 0 Å². The van der Waals surface area contributed by atoms with E-state index in [1.165, 1.54) is 12.1 Å². The first-order valence-electron chi connectivity index (χ1n) is 12.1. The van der Waals surface area contributed by atoms with E-state index in [1.807, 2.05) is 36.5 Å². The number of ether oxygens (including phenoxy) is 1. The number of hydrogen-bond donors (Lipinski definition) is 2. The topological polar surface area (TPSA) is 70.2 Å². The third-order valence-corrected chi connectivity index (χ3v) is 6.77. The number of carbonyl (C=O) groups is 1. The molecular weight excluding hydrogens is 469 g/mol. The minimum absolute atomic E-state index is 0.168. The van der Waals surface area contributed by atoms with Crippen molar-refractivity contribution in [2.24, 2.45) is 0 Å². The van der Waals surface area contributed by atoms with E-state index >= 15 is 0 Å². The molecule has 0 saturated carbocycles. The summed E-state index contributed by atoms with van der Waals surface area (Å²) in [4.78, 5) is 22.4. The first-order chi connectivity index (χ1) is 17.4. The quantitative estimate of drug-likeness (QED) is 0.326. The second-order valence-corrected chi connectivity index (χ2v) is 9.11. The van der Waals surface area contributed by atoms with Crippen LogP contribution in [0.25, 0.3) is 21.7 Å². The first-order valence-corrected chi connectivity index (χ1v) is 12.1. The van der Waals surface area contributed by atoms with E-state index in [-0.39, 0.29) is 17.6 Å². The van der Waals surface area contributed by atoms with Crippen molar-refractivity contribution in [3.8, 4) is 5.75 Å². The van der Waals surface area contributed by atoms with E-state index in [2.05, 4.69) is 24.9 Å². The summed E-state index contributed by atoms with van der Waals surface area (Å²) in [6.07, 6.45) is 1.51. The van der Waals surface area contributed by atoms with Gasteiger partial charge in [-0.3, -0.25) is 9.78 Å². The summed E-state index contributed by atoms with van der Waals surface area (Å²) in [6, 6.07) is 14.0. The van der Waals surface area contributed by atoms with Gasteiger partial charge in [-0.1, -0.05) is 24.3 Å². The van der Waals surface area contributed by atoms with Crippen molar-refractivity contribution in [1.29, 1.82) is 0 Å². The number of aromatic amines is 1. The second-order valence-electron chi connectivity index (χ2n) is 9.11. The van der Waals surface area contributed by atoms with Crippen molar-refractivity contribution in [3.05, 3.63) is 72.2 Å². The Morgan fingerprint density at radius 1 is 1.11 bits per heavy atom. The molecule has 1 amide bonds. The number of rotatable bonds is 7. The Morgan fingerprint density at radius 2 is 1.92 bits per heavy atom. The normalized spacial score (nSPS) is 15.4. The molecule has 6 nitrogen and oxygen atoms in total. The maximum Gasteiger partial charge on any atom is 0.573 e. The largest absolute Gasteiger partial charge is 0.573 e. The predicted octanol–water partition coefficient (Wildman–Crippen LogP) is 5.61. The zero-order valence-electron chi connectivity index (χ0n) is 19.6. The van der Waals surface area contributed by atoms with Crippen LogP contribution in [-0.4, -0.2) is 53.3 Å². The van der Waals surface area contributed by atoms with Gasteiger partial charge in [-0.25, -0.2) is 0 Å². The molecule has 3 heterocycles. The Hall–Kier alpha value is -3.59. The van der Waals surface area contributed by atoms with Crippen molar-refractivity contribution >= 4 is 27.6 Å². The number of aromatic nitrogens is 2. The van der Waals surface area contributed by atoms with Crippen LogP contribution < -0.4 is 10.1 Å². The van der Waals surface area contributed by atoms with E-state index in [9.17, 15) is 18.0 Å². The minimum atomic E-state index is -4.71. The summed E-state index contributed by atoms with van der Waals surface area (Å²) in [6.45, 7) is 3.23. The molecule has 1 saturated heterocycles. The molecule has 36 heavy (non-hydrogen) atoms. The van der Waals surface area contributed by atoms with E-state index in [0.717, 1.165) is 66.1 Å². The number of alkyl halides is 3. The van der Waals surface area contributed by atoms with Crippen molar-refractivity contribution < 1.29 is 22.7 Å². The zero-order valence-corrected chi connectivity index (χ0v) is 19.6. The fraction of sp³-hybridized carbons (Fsp3) is 0.333. The van der Waals surface area contributed by atoms with Gasteiger partial charge in [0.2, 0.25) is 0 Å². The number of fused-ring (bicyclic) bond motifs is 2. The molecule has 2 aromatic carbocycles. The molecule has 0 spiro atoms. The van der Waals surface area contributed by atoms with Gasteiger partial charge in [-0.05, 0) is 80.0 Å². The van der Waals surface area contributed by atoms with Gasteiger partial charge in [0.15, 0.2) is 0 Å². The minimum Gasteiger partial charge on any atom is -0.406 e. The van der Waals surface area contributed by atoms with E-state index in [1.54, 1.807) is 12.3 Å². The number of amides is 1. The maximum absolute atomic E-state index is 12.6. The van der Waals surface area contributed by atoms with E-state index in [0.29, 0.717) is 12.2 Å². The van der Waals surface area contributed by atoms with Gasteiger partial charge in [0.25, 0.3) is 5.91 Å². The monoisotopic (exact) mass is 496 g/mol. The number of nitrogens with one attached hydrogen (secondary N) is 2. The highest BCUT2D eigenvalue weighted by Gasteiger charge is 2.31. The molecule has 2 N–H and O–H groups in total. The molecule has 5 rings (SSSR count). The fourth-order valence-electron chi connectivity index (χ4n) is 5.01. The number of benzene rings is 2. The average molecular weight is 497 g/mol. The number of carbonyl (C=O) groups excluding carboxylic acids is 1. The number of piperidine rings is 1. The molecule has 0 radical (unpaired) electrons. The van der Waals surface area contributed by atoms with Crippen molar-refractivity contribution in [1.82, 2.24) is 20.2 Å². The lowest BCUT2D eigenvalue weighted by atomic mass is 9.89. The van der Waals surface area contributed by atoms with Gasteiger partial charge in [0.1, 0.15) is 11.4 Å². The first kappa shape index (κ1) is 24.1. The molecule has 1 fully saturated rings. The van der Waals surface area contributed by atoms with Gasteiger partial charge < -0.3 is 19.9 Å². The third-order valence-electron chi connectivity index (χ3n) is 6.77. The molecule has 1 aliphatic rings. The van der Waals surface area contributed by atoms with Crippen LogP contribution in [0.3, 0.4) is 0 Å². The Kier molecular flexibility index (Phi) is 6.82. The highest BCUT2D eigenvalue weighted by atomic mass is 19.4. The van der Waals surface area contributed by atoms with Gasteiger partial charge >= 0.3 is 6.36 Å². The highest BCUT2D eigenvalue weighted by Crippen LogP contribution is 2.35. The maximum atomic E-state index is 12.6. The highest BCUT2D eigenvalue weighted by molar-refractivity contribution is 6.05. The van der Waals surface area contributed by atoms with Crippen LogP contribution in [0.5, 0.6) is 5.75 Å². The van der Waals surface area contributed by atoms with Crippen molar-refractivity contribution in [2.45, 2.75) is 31.5 Å². The summed E-state index contributed by atoms with van der Waals surface area (Å²) < 4.78 is 42.0. The van der Waals surface area contributed by atoms with Crippen LogP contribution in [0, 0.1) is 0 Å². The van der Waals surface area contributed by atoms with Crippen LogP contribution in [0.2, 0.25) is 0 Å². The third kappa shape index (κ3) is 5.46. The molecule has 9 heteroatoms. The summed E-state index contributed by atoms with van der Waals surface area (Å²) in [5.74, 6) is -0.0963. The standard InChI is InChI=1S/C27H27F3N4O2/c28-27(29,30)36-20-6-7-24-22(16-20)23(17-33-24)19-9-14-34(15-10-19)13-3-11-32-26(35)25-21-5-2-1-4-18(21)8-12-31-25/h1-2,4-8,12,16-17,19,33H,3,9-11,13-15H2,(H,32,35). The van der Waals surface area contributed by atoms with E-state index in [4.69, 9.17) is 0 Å². The van der Waals surface area contributed by atoms with Crippen molar-refractivity contribution in [3.63, 3.8) is 0 Å². The SMILES string of the molecule is O=C(NCCCN1CCC(c2c[nH]c3ccc(OC(F)(F)F)cc23)CC1)c1nccc2ccccc12. The average Bonchev–Trinajstić information content (AvgIpc) is 3.29. The molecule has 0 atom stereocenters. The van der Waals surface area contributed by atoms with Crippen LogP contribution in [-0.2, 0) is 0 Å². The lowest BCUT2D eigenvalue weighted by Gasteiger charge is -2.32. The van der Waals surface area contributed by atoms with E-state index < -0.39 is 6.36 Å². The van der Waals surface area contributed by atoms with Gasteiger partial charge in [-0.15, -0.1) is 13.2 Å². The molecule has 4 aromatic rings. The molecule has 2 aromatic heterocycles. The molecular formula is C27H27F3N4O2. The number of hydrogen-bond acceptors (Lipinski definition) is 4. The molecule has 0 unspecified atom stereocenters.